The first-order chi connectivity index (χ1) is 9.93. The average Bonchev–Trinajstić information content (AvgIpc) is 2.95. The lowest BCUT2D eigenvalue weighted by atomic mass is 10.1. The molecule has 21 heavy (non-hydrogen) atoms. The summed E-state index contributed by atoms with van der Waals surface area (Å²) in [6.07, 6.45) is 3.17. The van der Waals surface area contributed by atoms with E-state index in [-0.39, 0.29) is 5.91 Å². The lowest BCUT2D eigenvalue weighted by molar-refractivity contribution is 0.0527. The summed E-state index contributed by atoms with van der Waals surface area (Å²) in [6, 6.07) is 0. The zero-order valence-corrected chi connectivity index (χ0v) is 13.2. The molecular weight excluding hydrogens is 290 g/mol. The summed E-state index contributed by atoms with van der Waals surface area (Å²) in [5.74, 6) is -0.766. The molecule has 0 saturated carbocycles. The molecule has 0 aliphatic heterocycles. The van der Waals surface area contributed by atoms with Gasteiger partial charge >= 0.3 is 5.97 Å². The molecule has 6 nitrogen and oxygen atoms in total. The minimum absolute atomic E-state index is 0.292. The standard InChI is InChI=1S/C14H17N3O3S/c1-5-20-14(19)11-8(2)9(3)21-13(11)16-12(18)10-6-17(4)7-15-10/h6-7H,5H2,1-4H3,(H,16,18). The highest BCUT2D eigenvalue weighted by Gasteiger charge is 2.22. The normalized spacial score (nSPS) is 10.5. The van der Waals surface area contributed by atoms with Crippen LogP contribution in [0.4, 0.5) is 5.00 Å². The first-order valence-electron chi connectivity index (χ1n) is 6.50. The molecule has 0 aliphatic rings. The van der Waals surface area contributed by atoms with Crippen LogP contribution in [0.1, 0.15) is 38.2 Å². The number of nitrogens with one attached hydrogen (secondary N) is 1. The highest BCUT2D eigenvalue weighted by molar-refractivity contribution is 7.16. The van der Waals surface area contributed by atoms with Crippen LogP contribution >= 0.6 is 11.3 Å². The smallest absolute Gasteiger partial charge is 0.341 e. The summed E-state index contributed by atoms with van der Waals surface area (Å²) in [4.78, 5) is 29.1. The molecule has 112 valence electrons. The van der Waals surface area contributed by atoms with E-state index >= 15 is 0 Å². The van der Waals surface area contributed by atoms with Crippen LogP contribution < -0.4 is 5.32 Å². The highest BCUT2D eigenvalue weighted by Crippen LogP contribution is 2.33. The number of rotatable bonds is 4. The Kier molecular flexibility index (Phi) is 4.42. The summed E-state index contributed by atoms with van der Waals surface area (Å²) in [5.41, 5.74) is 1.55. The Balaban J connectivity index is 2.29. The number of nitrogens with zero attached hydrogens (tertiary/aromatic N) is 2. The van der Waals surface area contributed by atoms with E-state index in [9.17, 15) is 9.59 Å². The number of carbonyl (C=O) groups excluding carboxylic acids is 2. The lowest BCUT2D eigenvalue weighted by Crippen LogP contribution is -2.15. The van der Waals surface area contributed by atoms with Gasteiger partial charge in [-0.25, -0.2) is 9.78 Å². The third-order valence-corrected chi connectivity index (χ3v) is 4.15. The van der Waals surface area contributed by atoms with Gasteiger partial charge in [0.2, 0.25) is 0 Å². The van der Waals surface area contributed by atoms with Gasteiger partial charge in [-0.15, -0.1) is 11.3 Å². The van der Waals surface area contributed by atoms with Gasteiger partial charge < -0.3 is 14.6 Å². The van der Waals surface area contributed by atoms with Crippen LogP contribution in [0.2, 0.25) is 0 Å². The Bertz CT molecular complexity index is 688. The predicted octanol–water partition coefficient (Wildman–Crippen LogP) is 2.53. The summed E-state index contributed by atoms with van der Waals surface area (Å²) in [7, 11) is 1.78. The van der Waals surface area contributed by atoms with Crippen LogP contribution in [-0.4, -0.2) is 28.0 Å². The SMILES string of the molecule is CCOC(=O)c1c(NC(=O)c2cn(C)cn2)sc(C)c1C. The zero-order valence-electron chi connectivity index (χ0n) is 12.4. The number of carbonyl (C=O) groups is 2. The topological polar surface area (TPSA) is 73.2 Å². The third-order valence-electron chi connectivity index (χ3n) is 3.03. The molecule has 2 aromatic heterocycles. The van der Waals surface area contributed by atoms with Crippen LogP contribution in [0.3, 0.4) is 0 Å². The fourth-order valence-electron chi connectivity index (χ4n) is 1.86. The predicted molar refractivity (Wildman–Crippen MR) is 80.9 cm³/mol. The maximum absolute atomic E-state index is 12.1. The minimum Gasteiger partial charge on any atom is -0.462 e. The molecule has 0 aromatic carbocycles. The van der Waals surface area contributed by atoms with Crippen LogP contribution in [0.15, 0.2) is 12.5 Å². The van der Waals surface area contributed by atoms with E-state index in [0.29, 0.717) is 22.9 Å². The molecule has 1 amide bonds. The van der Waals surface area contributed by atoms with Crippen molar-refractivity contribution in [3.8, 4) is 0 Å². The van der Waals surface area contributed by atoms with E-state index in [4.69, 9.17) is 4.74 Å². The summed E-state index contributed by atoms with van der Waals surface area (Å²) < 4.78 is 6.74. The molecule has 0 aliphatic carbocycles. The van der Waals surface area contributed by atoms with E-state index in [1.54, 1.807) is 31.1 Å². The van der Waals surface area contributed by atoms with Gasteiger partial charge in [-0.1, -0.05) is 0 Å². The van der Waals surface area contributed by atoms with E-state index in [1.165, 1.54) is 11.3 Å². The molecule has 0 saturated heterocycles. The number of anilines is 1. The average molecular weight is 307 g/mol. The summed E-state index contributed by atoms with van der Waals surface area (Å²) in [6.45, 7) is 5.78. The highest BCUT2D eigenvalue weighted by atomic mass is 32.1. The number of aryl methyl sites for hydroxylation is 2. The molecule has 2 rings (SSSR count). The second kappa shape index (κ2) is 6.09. The summed E-state index contributed by atoms with van der Waals surface area (Å²) in [5, 5.41) is 3.24. The van der Waals surface area contributed by atoms with Crippen molar-refractivity contribution in [1.29, 1.82) is 0 Å². The molecule has 2 aromatic rings. The molecule has 0 spiro atoms. The van der Waals surface area contributed by atoms with Gasteiger partial charge in [-0.05, 0) is 26.3 Å². The molecule has 0 bridgehead atoms. The van der Waals surface area contributed by atoms with Gasteiger partial charge in [0, 0.05) is 18.1 Å². The number of hydrogen-bond acceptors (Lipinski definition) is 5. The number of esters is 1. The maximum Gasteiger partial charge on any atom is 0.341 e. The van der Waals surface area contributed by atoms with Crippen molar-refractivity contribution in [2.75, 3.05) is 11.9 Å². The van der Waals surface area contributed by atoms with Crippen molar-refractivity contribution in [1.82, 2.24) is 9.55 Å². The first kappa shape index (κ1) is 15.2. The minimum atomic E-state index is -0.421. The van der Waals surface area contributed by atoms with E-state index in [0.717, 1.165) is 10.4 Å². The Morgan fingerprint density at radius 3 is 2.71 bits per heavy atom. The number of thiophene rings is 1. The van der Waals surface area contributed by atoms with Crippen molar-refractivity contribution in [2.45, 2.75) is 20.8 Å². The fourth-order valence-corrected chi connectivity index (χ4v) is 2.90. The molecule has 0 radical (unpaired) electrons. The Hall–Kier alpha value is -2.15. The largest absolute Gasteiger partial charge is 0.462 e. The second-order valence-corrected chi connectivity index (χ2v) is 5.81. The lowest BCUT2D eigenvalue weighted by Gasteiger charge is -2.06. The number of imidazole rings is 1. The van der Waals surface area contributed by atoms with Crippen molar-refractivity contribution in [3.63, 3.8) is 0 Å². The van der Waals surface area contributed by atoms with Gasteiger partial charge in [0.1, 0.15) is 10.7 Å². The molecule has 2 heterocycles. The number of amides is 1. The summed E-state index contributed by atoms with van der Waals surface area (Å²) >= 11 is 1.36. The molecule has 7 heteroatoms. The number of aromatic nitrogens is 2. The van der Waals surface area contributed by atoms with E-state index in [2.05, 4.69) is 10.3 Å². The molecule has 0 unspecified atom stereocenters. The Morgan fingerprint density at radius 1 is 1.43 bits per heavy atom. The maximum atomic E-state index is 12.1. The molecular formula is C14H17N3O3S. The van der Waals surface area contributed by atoms with Crippen LogP contribution in [0, 0.1) is 13.8 Å². The number of ether oxygens (including phenoxy) is 1. The van der Waals surface area contributed by atoms with Crippen LogP contribution in [0.25, 0.3) is 0 Å². The van der Waals surface area contributed by atoms with Gasteiger partial charge in [0.05, 0.1) is 18.5 Å². The first-order valence-corrected chi connectivity index (χ1v) is 7.32. The quantitative estimate of drug-likeness (QED) is 0.881. The van der Waals surface area contributed by atoms with Crippen LogP contribution in [-0.2, 0) is 11.8 Å². The van der Waals surface area contributed by atoms with E-state index in [1.807, 2.05) is 13.8 Å². The second-order valence-electron chi connectivity index (χ2n) is 4.59. The van der Waals surface area contributed by atoms with Crippen molar-refractivity contribution < 1.29 is 14.3 Å². The van der Waals surface area contributed by atoms with Crippen molar-refractivity contribution >= 4 is 28.2 Å². The molecule has 0 fully saturated rings. The number of hydrogen-bond donors (Lipinski definition) is 1. The van der Waals surface area contributed by atoms with Gasteiger partial charge in [0.25, 0.3) is 5.91 Å². The van der Waals surface area contributed by atoms with Gasteiger partial charge in [-0.3, -0.25) is 4.79 Å². The van der Waals surface area contributed by atoms with Crippen LogP contribution in [0.5, 0.6) is 0 Å². The molecule has 0 atom stereocenters. The van der Waals surface area contributed by atoms with Gasteiger partial charge in [-0.2, -0.15) is 0 Å². The third kappa shape index (κ3) is 3.13. The van der Waals surface area contributed by atoms with Gasteiger partial charge in [0.15, 0.2) is 0 Å². The zero-order chi connectivity index (χ0) is 15.6. The molecule has 1 N–H and O–H groups in total. The van der Waals surface area contributed by atoms with Crippen molar-refractivity contribution in [2.24, 2.45) is 7.05 Å². The Morgan fingerprint density at radius 2 is 2.14 bits per heavy atom. The van der Waals surface area contributed by atoms with E-state index < -0.39 is 5.97 Å². The Labute approximate surface area is 126 Å². The van der Waals surface area contributed by atoms with Crippen molar-refractivity contribution in [3.05, 3.63) is 34.2 Å². The fraction of sp³-hybridized carbons (Fsp3) is 0.357. The monoisotopic (exact) mass is 307 g/mol.